The summed E-state index contributed by atoms with van der Waals surface area (Å²) >= 11 is 0. The van der Waals surface area contributed by atoms with Crippen LogP contribution in [0.5, 0.6) is 5.75 Å². The van der Waals surface area contributed by atoms with Gasteiger partial charge < -0.3 is 9.84 Å². The average molecular weight is 324 g/mol. The van der Waals surface area contributed by atoms with Gasteiger partial charge in [0.15, 0.2) is 11.6 Å². The van der Waals surface area contributed by atoms with Crippen molar-refractivity contribution in [2.24, 2.45) is 0 Å². The molecule has 5 heteroatoms. The van der Waals surface area contributed by atoms with Crippen LogP contribution in [0, 0.1) is 5.82 Å². The number of hydrogen-bond acceptors (Lipinski definition) is 3. The molecule has 128 valence electrons. The topological polar surface area (TPSA) is 63.6 Å². The van der Waals surface area contributed by atoms with E-state index in [4.69, 9.17) is 9.84 Å². The van der Waals surface area contributed by atoms with Crippen LogP contribution in [0.2, 0.25) is 0 Å². The van der Waals surface area contributed by atoms with Crippen molar-refractivity contribution in [3.63, 3.8) is 0 Å². The number of ether oxygens (including phenoxy) is 1. The minimum absolute atomic E-state index is 0.176. The monoisotopic (exact) mass is 324 g/mol. The first-order valence-electron chi connectivity index (χ1n) is 8.28. The summed E-state index contributed by atoms with van der Waals surface area (Å²) in [5.41, 5.74) is -0.176. The van der Waals surface area contributed by atoms with Gasteiger partial charge in [-0.3, -0.25) is 4.79 Å². The fourth-order valence-corrected chi connectivity index (χ4v) is 2.29. The molecule has 0 aliphatic carbocycles. The van der Waals surface area contributed by atoms with Crippen LogP contribution in [0.15, 0.2) is 18.2 Å². The molecule has 0 saturated heterocycles. The van der Waals surface area contributed by atoms with Gasteiger partial charge in [0.25, 0.3) is 0 Å². The lowest BCUT2D eigenvalue weighted by Gasteiger charge is -2.06. The van der Waals surface area contributed by atoms with E-state index in [1.54, 1.807) is 0 Å². The second-order valence-corrected chi connectivity index (χ2v) is 5.65. The quantitative estimate of drug-likeness (QED) is 0.355. The van der Waals surface area contributed by atoms with E-state index in [1.807, 2.05) is 0 Å². The maximum atomic E-state index is 13.6. The highest BCUT2D eigenvalue weighted by Gasteiger charge is 2.12. The van der Waals surface area contributed by atoms with E-state index in [0.717, 1.165) is 25.3 Å². The number of benzene rings is 1. The number of aromatic carboxylic acids is 1. The number of esters is 1. The number of unbranched alkanes of at least 4 members (excludes halogenated alkanes) is 7. The zero-order chi connectivity index (χ0) is 17.1. The van der Waals surface area contributed by atoms with Crippen molar-refractivity contribution in [2.45, 2.75) is 64.7 Å². The molecule has 4 nitrogen and oxygen atoms in total. The molecule has 0 atom stereocenters. The molecule has 0 aliphatic heterocycles. The molecule has 0 spiro atoms. The van der Waals surface area contributed by atoms with Crippen molar-refractivity contribution in [1.29, 1.82) is 0 Å². The second-order valence-electron chi connectivity index (χ2n) is 5.65. The number of carbonyl (C=O) groups excluding carboxylic acids is 1. The van der Waals surface area contributed by atoms with Crippen molar-refractivity contribution >= 4 is 11.9 Å². The summed E-state index contributed by atoms with van der Waals surface area (Å²) in [5.74, 6) is -2.77. The van der Waals surface area contributed by atoms with Crippen LogP contribution in [0.3, 0.4) is 0 Å². The molecule has 0 bridgehead atoms. The Morgan fingerprint density at radius 2 is 1.65 bits per heavy atom. The Morgan fingerprint density at radius 3 is 2.22 bits per heavy atom. The summed E-state index contributed by atoms with van der Waals surface area (Å²) in [7, 11) is 0. The van der Waals surface area contributed by atoms with Gasteiger partial charge in [0, 0.05) is 6.42 Å². The third kappa shape index (κ3) is 7.77. The fraction of sp³-hybridized carbons (Fsp3) is 0.556. The van der Waals surface area contributed by atoms with Gasteiger partial charge in [0.1, 0.15) is 0 Å². The van der Waals surface area contributed by atoms with Gasteiger partial charge in [-0.25, -0.2) is 9.18 Å². The molecule has 1 aromatic carbocycles. The maximum absolute atomic E-state index is 13.6. The Bertz CT molecular complexity index is 514. The molecule has 1 rings (SSSR count). The van der Waals surface area contributed by atoms with Crippen molar-refractivity contribution in [3.05, 3.63) is 29.6 Å². The molecular weight excluding hydrogens is 299 g/mol. The number of carboxylic acids is 1. The molecule has 0 fully saturated rings. The molecule has 1 N–H and O–H groups in total. The van der Waals surface area contributed by atoms with Gasteiger partial charge in [-0.05, 0) is 24.6 Å². The molecule has 0 unspecified atom stereocenters. The van der Waals surface area contributed by atoms with Crippen LogP contribution in [0.25, 0.3) is 0 Å². The van der Waals surface area contributed by atoms with Crippen LogP contribution in [-0.2, 0) is 4.79 Å². The van der Waals surface area contributed by atoms with E-state index in [-0.39, 0.29) is 17.7 Å². The number of hydrogen-bond donors (Lipinski definition) is 1. The highest BCUT2D eigenvalue weighted by molar-refractivity contribution is 5.87. The number of rotatable bonds is 11. The van der Waals surface area contributed by atoms with E-state index in [0.29, 0.717) is 0 Å². The van der Waals surface area contributed by atoms with Crippen molar-refractivity contribution < 1.29 is 23.8 Å². The van der Waals surface area contributed by atoms with Gasteiger partial charge in [-0.2, -0.15) is 0 Å². The Hall–Kier alpha value is -1.91. The third-order valence-corrected chi connectivity index (χ3v) is 3.64. The molecular formula is C18H25FO4. The van der Waals surface area contributed by atoms with E-state index in [2.05, 4.69) is 6.92 Å². The minimum atomic E-state index is -1.22. The number of carboxylic acid groups (broad SMARTS) is 1. The molecule has 0 amide bonds. The van der Waals surface area contributed by atoms with Gasteiger partial charge in [0.05, 0.1) is 5.56 Å². The smallest absolute Gasteiger partial charge is 0.335 e. The number of carbonyl (C=O) groups is 2. The first-order chi connectivity index (χ1) is 11.0. The van der Waals surface area contributed by atoms with Crippen LogP contribution in [-0.4, -0.2) is 17.0 Å². The zero-order valence-corrected chi connectivity index (χ0v) is 13.6. The van der Waals surface area contributed by atoms with Gasteiger partial charge >= 0.3 is 11.9 Å². The van der Waals surface area contributed by atoms with Crippen LogP contribution in [0.1, 0.15) is 75.1 Å². The summed E-state index contributed by atoms with van der Waals surface area (Å²) in [4.78, 5) is 22.4. The van der Waals surface area contributed by atoms with E-state index < -0.39 is 17.8 Å². The molecule has 0 heterocycles. The first kappa shape index (κ1) is 19.1. The lowest BCUT2D eigenvalue weighted by molar-refractivity contribution is -0.134. The standard InChI is InChI=1S/C18H25FO4/c1-2-3-4-5-6-7-8-9-10-17(20)23-16-12-11-14(18(21)22)13-15(16)19/h11-13H,2-10H2,1H3,(H,21,22). The van der Waals surface area contributed by atoms with Crippen LogP contribution in [0.4, 0.5) is 4.39 Å². The summed E-state index contributed by atoms with van der Waals surface area (Å²) in [6.07, 6.45) is 9.22. The normalized spacial score (nSPS) is 10.5. The molecule has 0 aromatic heterocycles. The van der Waals surface area contributed by atoms with Gasteiger partial charge in [-0.1, -0.05) is 51.9 Å². The van der Waals surface area contributed by atoms with Crippen molar-refractivity contribution in [3.8, 4) is 5.75 Å². The summed E-state index contributed by atoms with van der Waals surface area (Å²) < 4.78 is 18.6. The molecule has 0 saturated carbocycles. The Balaban J connectivity index is 2.23. The zero-order valence-electron chi connectivity index (χ0n) is 13.6. The SMILES string of the molecule is CCCCCCCCCCC(=O)Oc1ccc(C(=O)O)cc1F. The Kier molecular flexibility index (Phi) is 8.95. The van der Waals surface area contributed by atoms with E-state index in [9.17, 15) is 14.0 Å². The highest BCUT2D eigenvalue weighted by Crippen LogP contribution is 2.19. The number of halogens is 1. The molecule has 23 heavy (non-hydrogen) atoms. The molecule has 0 radical (unpaired) electrons. The van der Waals surface area contributed by atoms with Crippen molar-refractivity contribution in [1.82, 2.24) is 0 Å². The lowest BCUT2D eigenvalue weighted by Crippen LogP contribution is -2.09. The second kappa shape index (κ2) is 10.8. The predicted molar refractivity (Wildman–Crippen MR) is 86.2 cm³/mol. The largest absolute Gasteiger partial charge is 0.478 e. The van der Waals surface area contributed by atoms with Crippen LogP contribution < -0.4 is 4.74 Å². The third-order valence-electron chi connectivity index (χ3n) is 3.64. The Labute approximate surface area is 136 Å². The first-order valence-corrected chi connectivity index (χ1v) is 8.28. The molecule has 0 aliphatic rings. The average Bonchev–Trinajstić information content (AvgIpc) is 2.51. The predicted octanol–water partition coefficient (Wildman–Crippen LogP) is 4.96. The summed E-state index contributed by atoms with van der Waals surface area (Å²) in [5, 5.41) is 8.74. The van der Waals surface area contributed by atoms with Crippen LogP contribution >= 0.6 is 0 Å². The Morgan fingerprint density at radius 1 is 1.04 bits per heavy atom. The minimum Gasteiger partial charge on any atom is -0.478 e. The summed E-state index contributed by atoms with van der Waals surface area (Å²) in [6, 6.07) is 3.23. The highest BCUT2D eigenvalue weighted by atomic mass is 19.1. The van der Waals surface area contributed by atoms with Crippen molar-refractivity contribution in [2.75, 3.05) is 0 Å². The fourth-order valence-electron chi connectivity index (χ4n) is 2.29. The molecule has 1 aromatic rings. The van der Waals surface area contributed by atoms with E-state index in [1.165, 1.54) is 44.2 Å². The van der Waals surface area contributed by atoms with E-state index >= 15 is 0 Å². The van der Waals surface area contributed by atoms with Gasteiger partial charge in [-0.15, -0.1) is 0 Å². The van der Waals surface area contributed by atoms with Gasteiger partial charge in [0.2, 0.25) is 0 Å². The maximum Gasteiger partial charge on any atom is 0.335 e. The lowest BCUT2D eigenvalue weighted by atomic mass is 10.1. The summed E-state index contributed by atoms with van der Waals surface area (Å²) in [6.45, 7) is 2.18.